The summed E-state index contributed by atoms with van der Waals surface area (Å²) in [5.41, 5.74) is 1.13. The SMILES string of the molecule is C=C1/C=C/C(=O)N[C@@H](C)C(=O)N[C@H](C(C)C)C(=O)O[C@@H]([C@@H](C)CCC)[C@@H](CCOCc2ccc(OC)cc2)C(=O)N1. The average Bonchev–Trinajstić information content (AvgIpc) is 2.93. The van der Waals surface area contributed by atoms with Gasteiger partial charge in [0.25, 0.3) is 0 Å². The summed E-state index contributed by atoms with van der Waals surface area (Å²) in [6.07, 6.45) is 3.57. The molecular formula is C31H45N3O7. The molecule has 1 aromatic rings. The Morgan fingerprint density at radius 2 is 1.68 bits per heavy atom. The van der Waals surface area contributed by atoms with Crippen molar-refractivity contribution in [3.8, 4) is 5.75 Å². The predicted octanol–water partition coefficient (Wildman–Crippen LogP) is 3.41. The van der Waals surface area contributed by atoms with Gasteiger partial charge in [-0.15, -0.1) is 0 Å². The molecule has 3 amide bonds. The third-order valence-electron chi connectivity index (χ3n) is 6.98. The van der Waals surface area contributed by atoms with E-state index in [9.17, 15) is 19.2 Å². The minimum atomic E-state index is -0.969. The largest absolute Gasteiger partial charge is 0.497 e. The Kier molecular flexibility index (Phi) is 13.6. The van der Waals surface area contributed by atoms with Gasteiger partial charge < -0.3 is 30.2 Å². The summed E-state index contributed by atoms with van der Waals surface area (Å²) in [6.45, 7) is 13.5. The van der Waals surface area contributed by atoms with Crippen molar-refractivity contribution in [2.45, 2.75) is 78.7 Å². The van der Waals surface area contributed by atoms with Crippen LogP contribution < -0.4 is 20.7 Å². The smallest absolute Gasteiger partial charge is 0.329 e. The fourth-order valence-corrected chi connectivity index (χ4v) is 4.56. The van der Waals surface area contributed by atoms with Gasteiger partial charge in [0, 0.05) is 18.4 Å². The van der Waals surface area contributed by atoms with Crippen molar-refractivity contribution in [1.29, 1.82) is 0 Å². The number of hydrogen-bond acceptors (Lipinski definition) is 7. The van der Waals surface area contributed by atoms with Gasteiger partial charge in [-0.25, -0.2) is 4.79 Å². The molecule has 1 aliphatic heterocycles. The van der Waals surface area contributed by atoms with E-state index in [4.69, 9.17) is 14.2 Å². The Balaban J connectivity index is 2.36. The van der Waals surface area contributed by atoms with E-state index < -0.39 is 47.8 Å². The highest BCUT2D eigenvalue weighted by Gasteiger charge is 2.38. The highest BCUT2D eigenvalue weighted by Crippen LogP contribution is 2.26. The van der Waals surface area contributed by atoms with Crippen LogP contribution in [0.4, 0.5) is 0 Å². The Morgan fingerprint density at radius 1 is 1.00 bits per heavy atom. The third-order valence-corrected chi connectivity index (χ3v) is 6.98. The van der Waals surface area contributed by atoms with E-state index in [1.807, 2.05) is 38.1 Å². The fraction of sp³-hybridized carbons (Fsp3) is 0.548. The molecule has 10 heteroatoms. The zero-order valence-electron chi connectivity index (χ0n) is 25.0. The Hall–Kier alpha value is -3.66. The normalized spacial score (nSPS) is 24.3. The molecule has 1 heterocycles. The Morgan fingerprint density at radius 3 is 2.29 bits per heavy atom. The van der Waals surface area contributed by atoms with Crippen molar-refractivity contribution in [3.05, 3.63) is 54.3 Å². The van der Waals surface area contributed by atoms with E-state index in [1.165, 1.54) is 19.1 Å². The first-order valence-electron chi connectivity index (χ1n) is 14.2. The molecule has 0 aromatic heterocycles. The second-order valence-electron chi connectivity index (χ2n) is 10.8. The van der Waals surface area contributed by atoms with Crippen LogP contribution in [0.1, 0.15) is 59.4 Å². The van der Waals surface area contributed by atoms with E-state index in [0.29, 0.717) is 13.0 Å². The minimum Gasteiger partial charge on any atom is -0.497 e. The van der Waals surface area contributed by atoms with Crippen LogP contribution in [-0.4, -0.2) is 55.6 Å². The molecule has 2 rings (SSSR count). The summed E-state index contributed by atoms with van der Waals surface area (Å²) in [4.78, 5) is 52.2. The zero-order valence-corrected chi connectivity index (χ0v) is 25.0. The van der Waals surface area contributed by atoms with E-state index in [1.54, 1.807) is 21.0 Å². The number of methoxy groups -OCH3 is 1. The average molecular weight is 572 g/mol. The molecule has 0 spiro atoms. The number of rotatable bonds is 10. The van der Waals surface area contributed by atoms with Gasteiger partial charge in [-0.1, -0.05) is 52.8 Å². The number of allylic oxidation sites excluding steroid dienone is 1. The number of carbonyl (C=O) groups excluding carboxylic acids is 4. The van der Waals surface area contributed by atoms with Gasteiger partial charge in [0.15, 0.2) is 0 Å². The van der Waals surface area contributed by atoms with Crippen LogP contribution in [0, 0.1) is 17.8 Å². The van der Waals surface area contributed by atoms with Gasteiger partial charge in [0.1, 0.15) is 23.9 Å². The van der Waals surface area contributed by atoms with Gasteiger partial charge in [-0.05, 0) is 55.4 Å². The number of benzene rings is 1. The monoisotopic (exact) mass is 571 g/mol. The molecule has 0 radical (unpaired) electrons. The number of cyclic esters (lactones) is 1. The zero-order chi connectivity index (χ0) is 30.5. The van der Waals surface area contributed by atoms with Crippen molar-refractivity contribution in [2.75, 3.05) is 13.7 Å². The van der Waals surface area contributed by atoms with Crippen LogP contribution in [0.3, 0.4) is 0 Å². The molecule has 0 aliphatic carbocycles. The minimum absolute atomic E-state index is 0.161. The van der Waals surface area contributed by atoms with Gasteiger partial charge >= 0.3 is 5.97 Å². The molecule has 10 nitrogen and oxygen atoms in total. The summed E-state index contributed by atoms with van der Waals surface area (Å²) in [5, 5.41) is 8.00. The van der Waals surface area contributed by atoms with Crippen LogP contribution in [0.25, 0.3) is 0 Å². The lowest BCUT2D eigenvalue weighted by Gasteiger charge is -2.33. The molecule has 0 saturated carbocycles. The summed E-state index contributed by atoms with van der Waals surface area (Å²) >= 11 is 0. The molecule has 41 heavy (non-hydrogen) atoms. The topological polar surface area (TPSA) is 132 Å². The van der Waals surface area contributed by atoms with Crippen LogP contribution in [0.5, 0.6) is 5.75 Å². The van der Waals surface area contributed by atoms with Gasteiger partial charge in [0.2, 0.25) is 17.7 Å². The summed E-state index contributed by atoms with van der Waals surface area (Å²) in [7, 11) is 1.60. The maximum absolute atomic E-state index is 13.6. The maximum atomic E-state index is 13.6. The maximum Gasteiger partial charge on any atom is 0.329 e. The number of esters is 1. The number of nitrogens with one attached hydrogen (secondary N) is 3. The number of amides is 3. The van der Waals surface area contributed by atoms with Crippen molar-refractivity contribution < 1.29 is 33.4 Å². The lowest BCUT2D eigenvalue weighted by molar-refractivity contribution is -0.163. The summed E-state index contributed by atoms with van der Waals surface area (Å²) in [6, 6.07) is 5.62. The number of carbonyl (C=O) groups is 4. The first-order chi connectivity index (χ1) is 19.5. The quantitative estimate of drug-likeness (QED) is 0.290. The van der Waals surface area contributed by atoms with Crippen molar-refractivity contribution in [1.82, 2.24) is 16.0 Å². The Bertz CT molecular complexity index is 1080. The lowest BCUT2D eigenvalue weighted by Crippen LogP contribution is -2.53. The highest BCUT2D eigenvalue weighted by molar-refractivity contribution is 5.94. The molecule has 0 fully saturated rings. The standard InChI is InChI=1S/C31H45N3O7/c1-8-9-20(4)28-25(16-17-40-18-23-11-13-24(39-7)14-12-23)30(37)32-21(5)10-15-26(35)33-22(6)29(36)34-27(19(2)3)31(38)41-28/h10-15,19-20,22,25,27-28H,5,8-9,16-18H2,1-4,6-7H3,(H,32,37)(H,33,35)(H,34,36)/b15-10+/t20-,22-,25+,27+,28-/m0/s1. The summed E-state index contributed by atoms with van der Waals surface area (Å²) in [5.74, 6) is -2.59. The lowest BCUT2D eigenvalue weighted by atomic mass is 9.86. The fourth-order valence-electron chi connectivity index (χ4n) is 4.56. The molecular weight excluding hydrogens is 526 g/mol. The molecule has 1 aliphatic rings. The first-order valence-corrected chi connectivity index (χ1v) is 14.2. The third kappa shape index (κ3) is 10.7. The second-order valence-corrected chi connectivity index (χ2v) is 10.8. The van der Waals surface area contributed by atoms with Crippen molar-refractivity contribution in [2.24, 2.45) is 17.8 Å². The van der Waals surface area contributed by atoms with E-state index in [0.717, 1.165) is 17.7 Å². The van der Waals surface area contributed by atoms with Crippen LogP contribution in [0.2, 0.25) is 0 Å². The molecule has 0 bridgehead atoms. The van der Waals surface area contributed by atoms with Crippen LogP contribution in [-0.2, 0) is 35.3 Å². The van der Waals surface area contributed by atoms with Gasteiger partial charge in [0.05, 0.1) is 19.6 Å². The number of ether oxygens (including phenoxy) is 3. The molecule has 0 saturated heterocycles. The molecule has 226 valence electrons. The molecule has 1 aromatic carbocycles. The van der Waals surface area contributed by atoms with Crippen molar-refractivity contribution >= 4 is 23.7 Å². The highest BCUT2D eigenvalue weighted by atomic mass is 16.5. The first kappa shape index (κ1) is 33.5. The van der Waals surface area contributed by atoms with Gasteiger partial charge in [-0.2, -0.15) is 0 Å². The number of hydrogen-bond donors (Lipinski definition) is 3. The molecule has 0 unspecified atom stereocenters. The molecule has 5 atom stereocenters. The second kappa shape index (κ2) is 16.6. The van der Waals surface area contributed by atoms with Crippen molar-refractivity contribution in [3.63, 3.8) is 0 Å². The van der Waals surface area contributed by atoms with Gasteiger partial charge in [-0.3, -0.25) is 14.4 Å². The van der Waals surface area contributed by atoms with Crippen LogP contribution in [0.15, 0.2) is 48.7 Å². The predicted molar refractivity (Wildman–Crippen MR) is 156 cm³/mol. The van der Waals surface area contributed by atoms with E-state index in [-0.39, 0.29) is 30.6 Å². The summed E-state index contributed by atoms with van der Waals surface area (Å²) < 4.78 is 17.2. The van der Waals surface area contributed by atoms with E-state index >= 15 is 0 Å². The Labute approximate surface area is 243 Å². The van der Waals surface area contributed by atoms with Crippen LogP contribution >= 0.6 is 0 Å². The van der Waals surface area contributed by atoms with E-state index in [2.05, 4.69) is 22.5 Å². The molecule has 3 N–H and O–H groups in total.